The van der Waals surface area contributed by atoms with Gasteiger partial charge in [-0.05, 0) is 38.8 Å². The van der Waals surface area contributed by atoms with Gasteiger partial charge in [-0.2, -0.15) is 5.10 Å². The molecule has 2 aromatic rings. The third kappa shape index (κ3) is 3.67. The molecule has 1 aliphatic rings. The van der Waals surface area contributed by atoms with Crippen molar-refractivity contribution in [3.8, 4) is 0 Å². The normalized spacial score (nSPS) is 21.1. The van der Waals surface area contributed by atoms with Crippen LogP contribution in [0.25, 0.3) is 0 Å². The number of aromatic nitrogens is 2. The molecular weight excluding hydrogens is 300 g/mol. The van der Waals surface area contributed by atoms with E-state index in [4.69, 9.17) is 0 Å². The summed E-state index contributed by atoms with van der Waals surface area (Å²) in [5.41, 5.74) is 2.65. The maximum atomic E-state index is 12.7. The van der Waals surface area contributed by atoms with Crippen molar-refractivity contribution in [2.75, 3.05) is 13.1 Å². The topological polar surface area (TPSA) is 50.2 Å². The second-order valence-corrected chi connectivity index (χ2v) is 6.95. The number of rotatable bonds is 5. The monoisotopic (exact) mass is 326 g/mol. The van der Waals surface area contributed by atoms with Crippen molar-refractivity contribution in [3.05, 3.63) is 53.3 Å². The summed E-state index contributed by atoms with van der Waals surface area (Å²) in [4.78, 5) is 15.1. The molecular formula is C19H26N4O. The zero-order valence-corrected chi connectivity index (χ0v) is 14.7. The molecule has 1 saturated heterocycles. The molecule has 3 rings (SSSR count). The van der Waals surface area contributed by atoms with E-state index >= 15 is 0 Å². The standard InChI is InChI=1S/C19H26N4O/c1-4-23-17(12-15(2)21-23)18(24)20-19(3)10-11-22(14-19)13-16-8-6-5-7-9-16/h5-9,12H,4,10-11,13-14H2,1-3H3,(H,20,24). The minimum absolute atomic E-state index is 0.0264. The summed E-state index contributed by atoms with van der Waals surface area (Å²) in [5.74, 6) is -0.0264. The molecule has 1 atom stereocenters. The highest BCUT2D eigenvalue weighted by molar-refractivity contribution is 5.93. The van der Waals surface area contributed by atoms with Crippen LogP contribution in [0.15, 0.2) is 36.4 Å². The lowest BCUT2D eigenvalue weighted by atomic mass is 10.0. The van der Waals surface area contributed by atoms with Crippen LogP contribution in [0, 0.1) is 6.92 Å². The summed E-state index contributed by atoms with van der Waals surface area (Å²) in [6.45, 7) is 9.55. The summed E-state index contributed by atoms with van der Waals surface area (Å²) in [6, 6.07) is 12.3. The van der Waals surface area contributed by atoms with Gasteiger partial charge < -0.3 is 5.32 Å². The van der Waals surface area contributed by atoms with Crippen LogP contribution in [0.1, 0.15) is 42.0 Å². The molecule has 1 amide bonds. The Labute approximate surface area is 143 Å². The van der Waals surface area contributed by atoms with Gasteiger partial charge in [-0.15, -0.1) is 0 Å². The molecule has 5 nitrogen and oxygen atoms in total. The van der Waals surface area contributed by atoms with E-state index in [9.17, 15) is 4.79 Å². The van der Waals surface area contributed by atoms with E-state index in [1.54, 1.807) is 4.68 Å². The fraction of sp³-hybridized carbons (Fsp3) is 0.474. The molecule has 0 bridgehead atoms. The maximum absolute atomic E-state index is 12.7. The molecule has 1 aliphatic heterocycles. The van der Waals surface area contributed by atoms with Crippen LogP contribution in [-0.2, 0) is 13.1 Å². The SMILES string of the molecule is CCn1nc(C)cc1C(=O)NC1(C)CCN(Cc2ccccc2)C1. The van der Waals surface area contributed by atoms with Crippen molar-refractivity contribution in [2.45, 2.75) is 45.8 Å². The van der Waals surface area contributed by atoms with Crippen molar-refractivity contribution < 1.29 is 4.79 Å². The van der Waals surface area contributed by atoms with Gasteiger partial charge in [0.25, 0.3) is 5.91 Å². The molecule has 1 aromatic carbocycles. The van der Waals surface area contributed by atoms with Crippen molar-refractivity contribution in [1.82, 2.24) is 20.0 Å². The van der Waals surface area contributed by atoms with Gasteiger partial charge in [0.15, 0.2) is 0 Å². The van der Waals surface area contributed by atoms with Crippen LogP contribution >= 0.6 is 0 Å². The lowest BCUT2D eigenvalue weighted by Crippen LogP contribution is -2.48. The van der Waals surface area contributed by atoms with Gasteiger partial charge in [0.1, 0.15) is 5.69 Å². The van der Waals surface area contributed by atoms with E-state index < -0.39 is 0 Å². The van der Waals surface area contributed by atoms with E-state index in [0.717, 1.165) is 31.7 Å². The molecule has 1 unspecified atom stereocenters. The molecule has 1 aromatic heterocycles. The van der Waals surface area contributed by atoms with Crippen LogP contribution in [0.4, 0.5) is 0 Å². The molecule has 1 fully saturated rings. The number of hydrogen-bond donors (Lipinski definition) is 1. The number of carbonyl (C=O) groups is 1. The molecule has 2 heterocycles. The Bertz CT molecular complexity index is 709. The van der Waals surface area contributed by atoms with Gasteiger partial charge in [0.05, 0.1) is 11.2 Å². The Morgan fingerprint density at radius 2 is 2.08 bits per heavy atom. The summed E-state index contributed by atoms with van der Waals surface area (Å²) >= 11 is 0. The average Bonchev–Trinajstić information content (AvgIpc) is 3.11. The minimum Gasteiger partial charge on any atom is -0.344 e. The lowest BCUT2D eigenvalue weighted by molar-refractivity contribution is 0.0896. The summed E-state index contributed by atoms with van der Waals surface area (Å²) in [7, 11) is 0. The number of nitrogens with zero attached hydrogens (tertiary/aromatic N) is 3. The quantitative estimate of drug-likeness (QED) is 0.919. The minimum atomic E-state index is -0.192. The van der Waals surface area contributed by atoms with Crippen LogP contribution in [-0.4, -0.2) is 39.2 Å². The molecule has 0 aliphatic carbocycles. The second-order valence-electron chi connectivity index (χ2n) is 6.95. The van der Waals surface area contributed by atoms with Gasteiger partial charge in [-0.3, -0.25) is 14.4 Å². The number of likely N-dealkylation sites (tertiary alicyclic amines) is 1. The third-order valence-electron chi connectivity index (χ3n) is 4.65. The fourth-order valence-corrected chi connectivity index (χ4v) is 3.44. The Kier molecular flexibility index (Phi) is 4.71. The van der Waals surface area contributed by atoms with Crippen molar-refractivity contribution in [1.29, 1.82) is 0 Å². The number of benzene rings is 1. The van der Waals surface area contributed by atoms with E-state index in [1.165, 1.54) is 5.56 Å². The zero-order chi connectivity index (χ0) is 17.2. The van der Waals surface area contributed by atoms with Gasteiger partial charge in [0.2, 0.25) is 0 Å². The predicted octanol–water partition coefficient (Wildman–Crippen LogP) is 2.61. The Morgan fingerprint density at radius 3 is 2.79 bits per heavy atom. The van der Waals surface area contributed by atoms with Crippen molar-refractivity contribution in [2.24, 2.45) is 0 Å². The number of carbonyl (C=O) groups excluding carboxylic acids is 1. The smallest absolute Gasteiger partial charge is 0.270 e. The molecule has 1 N–H and O–H groups in total. The Balaban J connectivity index is 1.63. The van der Waals surface area contributed by atoms with Crippen molar-refractivity contribution in [3.63, 3.8) is 0 Å². The highest BCUT2D eigenvalue weighted by Crippen LogP contribution is 2.23. The Morgan fingerprint density at radius 1 is 1.33 bits per heavy atom. The van der Waals surface area contributed by atoms with Crippen LogP contribution in [0.2, 0.25) is 0 Å². The first-order chi connectivity index (χ1) is 11.5. The van der Waals surface area contributed by atoms with Crippen molar-refractivity contribution >= 4 is 5.91 Å². The average molecular weight is 326 g/mol. The maximum Gasteiger partial charge on any atom is 0.270 e. The van der Waals surface area contributed by atoms with Gasteiger partial charge in [0, 0.05) is 26.2 Å². The molecule has 0 saturated carbocycles. The predicted molar refractivity (Wildman–Crippen MR) is 94.8 cm³/mol. The van der Waals surface area contributed by atoms with E-state index in [2.05, 4.69) is 46.5 Å². The highest BCUT2D eigenvalue weighted by atomic mass is 16.2. The number of nitrogens with one attached hydrogen (secondary N) is 1. The van der Waals surface area contributed by atoms with E-state index in [1.807, 2.05) is 26.0 Å². The van der Waals surface area contributed by atoms with E-state index in [0.29, 0.717) is 12.2 Å². The molecule has 5 heteroatoms. The van der Waals surface area contributed by atoms with Gasteiger partial charge >= 0.3 is 0 Å². The summed E-state index contributed by atoms with van der Waals surface area (Å²) < 4.78 is 1.77. The zero-order valence-electron chi connectivity index (χ0n) is 14.7. The molecule has 0 radical (unpaired) electrons. The lowest BCUT2D eigenvalue weighted by Gasteiger charge is -2.26. The van der Waals surface area contributed by atoms with Crippen LogP contribution in [0.3, 0.4) is 0 Å². The van der Waals surface area contributed by atoms with Gasteiger partial charge in [-0.1, -0.05) is 30.3 Å². The largest absolute Gasteiger partial charge is 0.344 e. The Hall–Kier alpha value is -2.14. The first-order valence-corrected chi connectivity index (χ1v) is 8.62. The summed E-state index contributed by atoms with van der Waals surface area (Å²) in [6.07, 6.45) is 0.963. The number of aryl methyl sites for hydroxylation is 2. The molecule has 24 heavy (non-hydrogen) atoms. The second kappa shape index (κ2) is 6.77. The summed E-state index contributed by atoms with van der Waals surface area (Å²) in [5, 5.41) is 7.60. The molecule has 0 spiro atoms. The van der Waals surface area contributed by atoms with E-state index in [-0.39, 0.29) is 11.4 Å². The number of amides is 1. The van der Waals surface area contributed by atoms with Crippen LogP contribution in [0.5, 0.6) is 0 Å². The third-order valence-corrected chi connectivity index (χ3v) is 4.65. The first-order valence-electron chi connectivity index (χ1n) is 8.62. The first kappa shape index (κ1) is 16.7. The highest BCUT2D eigenvalue weighted by Gasteiger charge is 2.35. The van der Waals surface area contributed by atoms with Gasteiger partial charge in [-0.25, -0.2) is 0 Å². The van der Waals surface area contributed by atoms with Crippen LogP contribution < -0.4 is 5.32 Å². The number of hydrogen-bond acceptors (Lipinski definition) is 3. The molecule has 128 valence electrons. The fourth-order valence-electron chi connectivity index (χ4n) is 3.44.